The molecule has 4 nitrogen and oxygen atoms in total. The van der Waals surface area contributed by atoms with Gasteiger partial charge in [0.25, 0.3) is 0 Å². The van der Waals surface area contributed by atoms with Crippen LogP contribution in [-0.4, -0.2) is 23.9 Å². The minimum Gasteiger partial charge on any atom is -0.479 e. The maximum atomic E-state index is 10.9. The number of carboxylic acids is 1. The van der Waals surface area contributed by atoms with Crippen molar-refractivity contribution in [3.63, 3.8) is 0 Å². The Balaban J connectivity index is 1.96. The molecule has 5 heteroatoms. The van der Waals surface area contributed by atoms with E-state index >= 15 is 0 Å². The molecular formula is C24H20O4S. The topological polar surface area (TPSA) is 59.7 Å². The molecule has 0 radical (unpaired) electrons. The van der Waals surface area contributed by atoms with Gasteiger partial charge in [-0.1, -0.05) is 72.8 Å². The van der Waals surface area contributed by atoms with Crippen molar-refractivity contribution in [3.8, 4) is 5.75 Å². The summed E-state index contributed by atoms with van der Waals surface area (Å²) in [5.74, 6) is -0.604. The third-order valence-electron chi connectivity index (χ3n) is 4.96. The van der Waals surface area contributed by atoms with Crippen molar-refractivity contribution in [2.24, 2.45) is 0 Å². The van der Waals surface area contributed by atoms with Gasteiger partial charge in [-0.15, -0.1) is 11.8 Å². The average Bonchev–Trinajstić information content (AvgIpc) is 3.20. The zero-order valence-electron chi connectivity index (χ0n) is 15.9. The van der Waals surface area contributed by atoms with Crippen molar-refractivity contribution >= 4 is 28.7 Å². The van der Waals surface area contributed by atoms with Crippen molar-refractivity contribution in [1.29, 1.82) is 0 Å². The largest absolute Gasteiger partial charge is 0.479 e. The number of carboxylic acid groups (broad SMARTS) is 1. The van der Waals surface area contributed by atoms with Crippen molar-refractivity contribution in [1.82, 2.24) is 0 Å². The van der Waals surface area contributed by atoms with Crippen LogP contribution in [0.2, 0.25) is 0 Å². The lowest BCUT2D eigenvalue weighted by Crippen LogP contribution is -2.24. The predicted octanol–water partition coefficient (Wildman–Crippen LogP) is 5.55. The number of rotatable bonds is 7. The normalized spacial score (nSPS) is 11.5. The van der Waals surface area contributed by atoms with Gasteiger partial charge in [-0.05, 0) is 23.4 Å². The molecule has 4 aromatic rings. The maximum absolute atomic E-state index is 10.9. The molecule has 0 unspecified atom stereocenters. The van der Waals surface area contributed by atoms with Crippen LogP contribution in [0.15, 0.2) is 89.5 Å². The average molecular weight is 404 g/mol. The van der Waals surface area contributed by atoms with E-state index in [1.54, 1.807) is 24.1 Å². The van der Waals surface area contributed by atoms with Gasteiger partial charge in [0, 0.05) is 10.9 Å². The van der Waals surface area contributed by atoms with Gasteiger partial charge in [-0.25, -0.2) is 4.79 Å². The lowest BCUT2D eigenvalue weighted by molar-refractivity contribution is -0.139. The van der Waals surface area contributed by atoms with E-state index in [0.717, 1.165) is 22.1 Å². The van der Waals surface area contributed by atoms with E-state index in [0.29, 0.717) is 11.3 Å². The molecule has 0 saturated heterocycles. The van der Waals surface area contributed by atoms with E-state index in [1.165, 1.54) is 0 Å². The monoisotopic (exact) mass is 404 g/mol. The smallest absolute Gasteiger partial charge is 0.341 e. The summed E-state index contributed by atoms with van der Waals surface area (Å²) in [7, 11) is 0. The highest BCUT2D eigenvalue weighted by Gasteiger charge is 2.38. The Morgan fingerprint density at radius 3 is 2.14 bits per heavy atom. The van der Waals surface area contributed by atoms with Crippen molar-refractivity contribution < 1.29 is 19.1 Å². The van der Waals surface area contributed by atoms with Crippen LogP contribution in [0.5, 0.6) is 5.75 Å². The van der Waals surface area contributed by atoms with Gasteiger partial charge < -0.3 is 14.3 Å². The van der Waals surface area contributed by atoms with E-state index in [9.17, 15) is 4.79 Å². The van der Waals surface area contributed by atoms with Crippen LogP contribution in [0.1, 0.15) is 16.7 Å². The fourth-order valence-electron chi connectivity index (χ4n) is 3.73. The van der Waals surface area contributed by atoms with Gasteiger partial charge in [0.15, 0.2) is 17.9 Å². The summed E-state index contributed by atoms with van der Waals surface area (Å²) in [4.78, 5) is 10.9. The molecule has 0 aliphatic carbocycles. The Morgan fingerprint density at radius 2 is 1.59 bits per heavy atom. The molecule has 4 rings (SSSR count). The second kappa shape index (κ2) is 8.05. The highest BCUT2D eigenvalue weighted by atomic mass is 32.2. The SMILES string of the molecule is CSC(c1ccccc1)(c1ccccc1)c1coc2c(OCC(=O)O)cccc12. The third-order valence-corrected chi connectivity index (χ3v) is 6.26. The number of hydrogen-bond acceptors (Lipinski definition) is 4. The third kappa shape index (κ3) is 3.38. The summed E-state index contributed by atoms with van der Waals surface area (Å²) in [5.41, 5.74) is 3.82. The van der Waals surface area contributed by atoms with Crippen LogP contribution >= 0.6 is 11.8 Å². The quantitative estimate of drug-likeness (QED) is 0.437. The highest BCUT2D eigenvalue weighted by Crippen LogP contribution is 2.50. The zero-order valence-corrected chi connectivity index (χ0v) is 16.7. The maximum Gasteiger partial charge on any atom is 0.341 e. The standard InChI is InChI=1S/C24H20O4S/c1-29-24(17-9-4-2-5-10-17,18-11-6-3-7-12-18)20-15-28-23-19(20)13-8-14-21(23)27-16-22(25)26/h2-15H,16H2,1H3,(H,25,26). The number of ether oxygens (including phenoxy) is 1. The molecule has 0 aliphatic rings. The second-order valence-electron chi connectivity index (χ2n) is 6.58. The van der Waals surface area contributed by atoms with Gasteiger partial charge >= 0.3 is 5.97 Å². The first-order chi connectivity index (χ1) is 14.2. The molecule has 0 spiro atoms. The fraction of sp³-hybridized carbons (Fsp3) is 0.125. The number of para-hydroxylation sites is 1. The molecule has 146 valence electrons. The summed E-state index contributed by atoms with van der Waals surface area (Å²) < 4.78 is 10.9. The predicted molar refractivity (Wildman–Crippen MR) is 116 cm³/mol. The number of carbonyl (C=O) groups is 1. The fourth-order valence-corrected chi connectivity index (χ4v) is 4.85. The summed E-state index contributed by atoms with van der Waals surface area (Å²) >= 11 is 1.73. The number of hydrogen-bond donors (Lipinski definition) is 1. The molecule has 0 bridgehead atoms. The molecule has 29 heavy (non-hydrogen) atoms. The van der Waals surface area contributed by atoms with Gasteiger partial charge in [-0.2, -0.15) is 0 Å². The van der Waals surface area contributed by atoms with E-state index in [2.05, 4.69) is 30.5 Å². The molecule has 1 heterocycles. The van der Waals surface area contributed by atoms with Gasteiger partial charge in [-0.3, -0.25) is 0 Å². The van der Waals surface area contributed by atoms with Crippen LogP contribution in [0, 0.1) is 0 Å². The molecule has 0 fully saturated rings. The van der Waals surface area contributed by atoms with Crippen LogP contribution in [-0.2, 0) is 9.54 Å². The molecule has 0 atom stereocenters. The Hall–Kier alpha value is -3.18. The van der Waals surface area contributed by atoms with Crippen molar-refractivity contribution in [2.75, 3.05) is 12.9 Å². The lowest BCUT2D eigenvalue weighted by atomic mass is 9.84. The van der Waals surface area contributed by atoms with Gasteiger partial charge in [0.05, 0.1) is 11.0 Å². The first kappa shape index (κ1) is 19.2. The molecule has 1 aromatic heterocycles. The summed E-state index contributed by atoms with van der Waals surface area (Å²) in [6.45, 7) is -0.416. The van der Waals surface area contributed by atoms with Crippen LogP contribution in [0.4, 0.5) is 0 Å². The molecular weight excluding hydrogens is 384 g/mol. The molecule has 0 amide bonds. The Morgan fingerprint density at radius 1 is 0.966 bits per heavy atom. The Labute approximate surface area is 173 Å². The first-order valence-corrected chi connectivity index (χ1v) is 10.4. The minimum atomic E-state index is -1.03. The number of aliphatic carboxylic acids is 1. The lowest BCUT2D eigenvalue weighted by Gasteiger charge is -2.33. The highest BCUT2D eigenvalue weighted by molar-refractivity contribution is 8.00. The van der Waals surface area contributed by atoms with E-state index < -0.39 is 17.3 Å². The minimum absolute atomic E-state index is 0.416. The van der Waals surface area contributed by atoms with Gasteiger partial charge in [0.2, 0.25) is 0 Å². The van der Waals surface area contributed by atoms with Crippen LogP contribution < -0.4 is 4.74 Å². The number of thioether (sulfide) groups is 1. The molecule has 1 N–H and O–H groups in total. The Kier molecular flexibility index (Phi) is 5.32. The van der Waals surface area contributed by atoms with Crippen LogP contribution in [0.25, 0.3) is 11.0 Å². The number of furan rings is 1. The summed E-state index contributed by atoms with van der Waals surface area (Å²) in [6, 6.07) is 26.2. The molecule has 0 saturated carbocycles. The zero-order chi connectivity index (χ0) is 20.3. The van der Waals surface area contributed by atoms with E-state index in [-0.39, 0.29) is 0 Å². The number of fused-ring (bicyclic) bond motifs is 1. The van der Waals surface area contributed by atoms with Gasteiger partial charge in [0.1, 0.15) is 0 Å². The summed E-state index contributed by atoms with van der Waals surface area (Å²) in [5, 5.41) is 9.86. The molecule has 3 aromatic carbocycles. The molecule has 0 aliphatic heterocycles. The van der Waals surface area contributed by atoms with E-state index in [4.69, 9.17) is 14.3 Å². The Bertz CT molecular complexity index is 1080. The van der Waals surface area contributed by atoms with Crippen molar-refractivity contribution in [2.45, 2.75) is 4.75 Å². The van der Waals surface area contributed by atoms with Crippen LogP contribution in [0.3, 0.4) is 0 Å². The second-order valence-corrected chi connectivity index (χ2v) is 7.60. The van der Waals surface area contributed by atoms with E-state index in [1.807, 2.05) is 48.5 Å². The number of benzene rings is 3. The first-order valence-electron chi connectivity index (χ1n) is 9.18. The van der Waals surface area contributed by atoms with Crippen molar-refractivity contribution in [3.05, 3.63) is 102 Å². The summed E-state index contributed by atoms with van der Waals surface area (Å²) in [6.07, 6.45) is 3.85.